The van der Waals surface area contributed by atoms with E-state index in [1.165, 1.54) is 24.8 Å². The summed E-state index contributed by atoms with van der Waals surface area (Å²) in [6.45, 7) is 0.932. The molecule has 4 N–H and O–H groups in total. The van der Waals surface area contributed by atoms with Gasteiger partial charge in [0.1, 0.15) is 0 Å². The van der Waals surface area contributed by atoms with Gasteiger partial charge in [0.05, 0.1) is 0 Å². The predicted molar refractivity (Wildman–Crippen MR) is 53.2 cm³/mol. The molecule has 72 valence electrons. The van der Waals surface area contributed by atoms with Crippen molar-refractivity contribution in [1.82, 2.24) is 10.3 Å². The van der Waals surface area contributed by atoms with Crippen LogP contribution in [0.15, 0.2) is 18.5 Å². The van der Waals surface area contributed by atoms with E-state index in [1.807, 2.05) is 12.4 Å². The maximum Gasteiger partial charge on any atom is 0.0223 e. The highest BCUT2D eigenvalue weighted by Crippen LogP contribution is 2.17. The fourth-order valence-corrected chi connectivity index (χ4v) is 1.96. The maximum atomic E-state index is 5.95. The minimum atomic E-state index is 0.360. The molecule has 1 aromatic rings. The van der Waals surface area contributed by atoms with Crippen LogP contribution in [0.2, 0.25) is 0 Å². The third-order valence-corrected chi connectivity index (χ3v) is 2.80. The molecule has 1 heterocycles. The van der Waals surface area contributed by atoms with Gasteiger partial charge in [0.15, 0.2) is 0 Å². The molecule has 0 aliphatic heterocycles. The second kappa shape index (κ2) is 3.94. The molecule has 1 aliphatic carbocycles. The monoisotopic (exact) mass is 179 g/mol. The lowest BCUT2D eigenvalue weighted by molar-refractivity contribution is 0.475. The Labute approximate surface area is 78.7 Å². The van der Waals surface area contributed by atoms with Crippen molar-refractivity contribution in [3.63, 3.8) is 0 Å². The van der Waals surface area contributed by atoms with E-state index in [-0.39, 0.29) is 0 Å². The van der Waals surface area contributed by atoms with Crippen molar-refractivity contribution < 1.29 is 0 Å². The van der Waals surface area contributed by atoms with Crippen LogP contribution >= 0.6 is 0 Å². The summed E-state index contributed by atoms with van der Waals surface area (Å²) in [5.74, 6) is 0. The number of nitrogens with two attached hydrogens (primary N) is 1. The van der Waals surface area contributed by atoms with Crippen molar-refractivity contribution in [3.8, 4) is 0 Å². The molecule has 13 heavy (non-hydrogen) atoms. The first-order valence-corrected chi connectivity index (χ1v) is 4.97. The van der Waals surface area contributed by atoms with Gasteiger partial charge in [-0.1, -0.05) is 6.42 Å². The van der Waals surface area contributed by atoms with E-state index in [0.29, 0.717) is 12.1 Å². The Morgan fingerprint density at radius 3 is 3.08 bits per heavy atom. The van der Waals surface area contributed by atoms with Crippen LogP contribution in [0.25, 0.3) is 0 Å². The molecule has 2 rings (SSSR count). The van der Waals surface area contributed by atoms with Gasteiger partial charge >= 0.3 is 0 Å². The van der Waals surface area contributed by atoms with E-state index >= 15 is 0 Å². The third kappa shape index (κ3) is 2.11. The summed E-state index contributed by atoms with van der Waals surface area (Å²) < 4.78 is 0. The second-order valence-corrected chi connectivity index (χ2v) is 3.80. The summed E-state index contributed by atoms with van der Waals surface area (Å²) in [6.07, 6.45) is 7.64. The van der Waals surface area contributed by atoms with E-state index in [9.17, 15) is 0 Å². The quantitative estimate of drug-likeness (QED) is 0.648. The van der Waals surface area contributed by atoms with Crippen LogP contribution in [0.5, 0.6) is 0 Å². The summed E-state index contributed by atoms with van der Waals surface area (Å²) in [4.78, 5) is 3.05. The average molecular weight is 179 g/mol. The summed E-state index contributed by atoms with van der Waals surface area (Å²) in [7, 11) is 0. The highest BCUT2D eigenvalue weighted by atomic mass is 15.0. The highest BCUT2D eigenvalue weighted by molar-refractivity contribution is 5.08. The number of aromatic amines is 1. The van der Waals surface area contributed by atoms with Crippen molar-refractivity contribution in [2.75, 3.05) is 0 Å². The first-order chi connectivity index (χ1) is 6.36. The van der Waals surface area contributed by atoms with Crippen LogP contribution in [0.3, 0.4) is 0 Å². The molecule has 3 heteroatoms. The van der Waals surface area contributed by atoms with E-state index < -0.39 is 0 Å². The second-order valence-electron chi connectivity index (χ2n) is 3.80. The van der Waals surface area contributed by atoms with Crippen LogP contribution < -0.4 is 11.1 Å². The zero-order chi connectivity index (χ0) is 9.10. The van der Waals surface area contributed by atoms with Crippen LogP contribution in [-0.4, -0.2) is 17.1 Å². The van der Waals surface area contributed by atoms with E-state index in [2.05, 4.69) is 16.4 Å². The Morgan fingerprint density at radius 2 is 2.46 bits per heavy atom. The third-order valence-electron chi connectivity index (χ3n) is 2.80. The van der Waals surface area contributed by atoms with E-state index in [1.54, 1.807) is 0 Å². The number of nitrogens with one attached hydrogen (secondary N) is 2. The largest absolute Gasteiger partial charge is 0.367 e. The molecular formula is C10H17N3. The summed E-state index contributed by atoms with van der Waals surface area (Å²) in [5.41, 5.74) is 7.25. The molecule has 0 spiro atoms. The lowest BCUT2D eigenvalue weighted by Gasteiger charge is -2.16. The minimum Gasteiger partial charge on any atom is -0.367 e. The number of hydrogen-bond acceptors (Lipinski definition) is 2. The standard InChI is InChI=1S/C10H17N3/c11-9-2-1-3-10(9)13-7-8-4-5-12-6-8/h4-6,9-10,12-13H,1-3,7,11H2. The molecule has 0 saturated heterocycles. The van der Waals surface area contributed by atoms with Gasteiger partial charge < -0.3 is 16.0 Å². The van der Waals surface area contributed by atoms with Gasteiger partial charge in [0.25, 0.3) is 0 Å². The Morgan fingerprint density at radius 1 is 1.54 bits per heavy atom. The molecule has 1 aromatic heterocycles. The van der Waals surface area contributed by atoms with Crippen LogP contribution in [0.1, 0.15) is 24.8 Å². The molecule has 0 aromatic carbocycles. The van der Waals surface area contributed by atoms with Gasteiger partial charge in [-0.3, -0.25) is 0 Å². The number of hydrogen-bond donors (Lipinski definition) is 3. The van der Waals surface area contributed by atoms with Crippen molar-refractivity contribution in [1.29, 1.82) is 0 Å². The van der Waals surface area contributed by atoms with Crippen LogP contribution in [0.4, 0.5) is 0 Å². The summed E-state index contributed by atoms with van der Waals surface area (Å²) in [5, 5.41) is 3.49. The van der Waals surface area contributed by atoms with Crippen LogP contribution in [-0.2, 0) is 6.54 Å². The van der Waals surface area contributed by atoms with Gasteiger partial charge in [0, 0.05) is 31.0 Å². The Kier molecular flexibility index (Phi) is 2.66. The minimum absolute atomic E-state index is 0.360. The van der Waals surface area contributed by atoms with Gasteiger partial charge in [-0.2, -0.15) is 0 Å². The lowest BCUT2D eigenvalue weighted by Crippen LogP contribution is -2.40. The molecule has 1 fully saturated rings. The predicted octanol–water partition coefficient (Wildman–Crippen LogP) is 0.984. The lowest BCUT2D eigenvalue weighted by atomic mass is 10.2. The Hall–Kier alpha value is -0.800. The molecule has 1 aliphatic rings. The molecule has 2 unspecified atom stereocenters. The molecule has 0 radical (unpaired) electrons. The molecule has 3 nitrogen and oxygen atoms in total. The van der Waals surface area contributed by atoms with Gasteiger partial charge in [-0.25, -0.2) is 0 Å². The molecule has 2 atom stereocenters. The van der Waals surface area contributed by atoms with E-state index in [0.717, 1.165) is 6.54 Å². The van der Waals surface area contributed by atoms with Gasteiger partial charge in [-0.05, 0) is 24.5 Å². The zero-order valence-electron chi connectivity index (χ0n) is 7.79. The fourth-order valence-electron chi connectivity index (χ4n) is 1.96. The molecule has 0 bridgehead atoms. The van der Waals surface area contributed by atoms with Gasteiger partial charge in [0.2, 0.25) is 0 Å². The summed E-state index contributed by atoms with van der Waals surface area (Å²) >= 11 is 0. The molecule has 0 amide bonds. The molecular weight excluding hydrogens is 162 g/mol. The average Bonchev–Trinajstić information content (AvgIpc) is 2.72. The zero-order valence-corrected chi connectivity index (χ0v) is 7.79. The number of aromatic nitrogens is 1. The highest BCUT2D eigenvalue weighted by Gasteiger charge is 2.22. The van der Waals surface area contributed by atoms with Crippen molar-refractivity contribution in [2.45, 2.75) is 37.9 Å². The normalized spacial score (nSPS) is 28.1. The smallest absolute Gasteiger partial charge is 0.0223 e. The Bertz CT molecular complexity index is 243. The fraction of sp³-hybridized carbons (Fsp3) is 0.600. The molecule has 1 saturated carbocycles. The maximum absolute atomic E-state index is 5.95. The van der Waals surface area contributed by atoms with E-state index in [4.69, 9.17) is 5.73 Å². The van der Waals surface area contributed by atoms with Crippen molar-refractivity contribution in [2.24, 2.45) is 5.73 Å². The van der Waals surface area contributed by atoms with Crippen molar-refractivity contribution >= 4 is 0 Å². The first-order valence-electron chi connectivity index (χ1n) is 4.97. The van der Waals surface area contributed by atoms with Gasteiger partial charge in [-0.15, -0.1) is 0 Å². The topological polar surface area (TPSA) is 53.8 Å². The first kappa shape index (κ1) is 8.78. The van der Waals surface area contributed by atoms with Crippen LogP contribution in [0, 0.1) is 0 Å². The SMILES string of the molecule is NC1CCCC1NCc1cc[nH]c1. The van der Waals surface area contributed by atoms with Crippen molar-refractivity contribution in [3.05, 3.63) is 24.0 Å². The summed E-state index contributed by atoms with van der Waals surface area (Å²) in [6, 6.07) is 2.97. The number of H-pyrrole nitrogens is 1. The number of rotatable bonds is 3. The Balaban J connectivity index is 1.79.